The van der Waals surface area contributed by atoms with Crippen LogP contribution in [0.1, 0.15) is 113 Å². The average molecular weight is 759 g/mol. The predicted octanol–water partition coefficient (Wildman–Crippen LogP) is 7.96. The number of nitrogens with one attached hydrogen (secondary N) is 2. The molecule has 0 aliphatic carbocycles. The van der Waals surface area contributed by atoms with Crippen LogP contribution in [0.3, 0.4) is 0 Å². The fourth-order valence-corrected chi connectivity index (χ4v) is 6.95. The van der Waals surface area contributed by atoms with E-state index >= 15 is 0 Å². The van der Waals surface area contributed by atoms with Crippen LogP contribution in [-0.2, 0) is 36.9 Å². The van der Waals surface area contributed by atoms with Crippen molar-refractivity contribution in [3.05, 3.63) is 54.1 Å². The van der Waals surface area contributed by atoms with Gasteiger partial charge >= 0.3 is 0 Å². The van der Waals surface area contributed by atoms with E-state index < -0.39 is 11.0 Å². The Hall–Kier alpha value is -4.09. The number of hydrogen-bond donors (Lipinski definition) is 2. The van der Waals surface area contributed by atoms with E-state index in [4.69, 9.17) is 9.47 Å². The number of fused-ring (bicyclic) bond motifs is 5. The molecule has 1 aliphatic rings. The van der Waals surface area contributed by atoms with Gasteiger partial charge in [0.15, 0.2) is 0 Å². The lowest BCUT2D eigenvalue weighted by Gasteiger charge is -2.30. The average Bonchev–Trinajstić information content (AvgIpc) is 3.54. The Balaban J connectivity index is 1.30. The molecule has 0 saturated heterocycles. The summed E-state index contributed by atoms with van der Waals surface area (Å²) >= 11 is 0. The van der Waals surface area contributed by atoms with Gasteiger partial charge in [-0.25, -0.2) is 4.68 Å². The third kappa shape index (κ3) is 12.2. The summed E-state index contributed by atoms with van der Waals surface area (Å²) in [6.45, 7) is 23.0. The fourth-order valence-electron chi connectivity index (χ4n) is 6.95. The first-order valence-electron chi connectivity index (χ1n) is 20.3. The highest BCUT2D eigenvalue weighted by Crippen LogP contribution is 2.41. The van der Waals surface area contributed by atoms with Gasteiger partial charge in [-0.05, 0) is 77.3 Å². The Labute approximate surface area is 329 Å². The number of carbonyl (C=O) groups excluding carboxylic acids is 3. The molecule has 0 fully saturated rings. The van der Waals surface area contributed by atoms with Crippen molar-refractivity contribution < 1.29 is 23.9 Å². The Morgan fingerprint density at radius 3 is 2.27 bits per heavy atom. The van der Waals surface area contributed by atoms with Crippen LogP contribution < -0.4 is 15.5 Å². The van der Waals surface area contributed by atoms with E-state index in [0.29, 0.717) is 63.2 Å². The summed E-state index contributed by atoms with van der Waals surface area (Å²) in [7, 11) is 0. The van der Waals surface area contributed by atoms with Crippen LogP contribution in [0, 0.1) is 17.3 Å². The molecule has 55 heavy (non-hydrogen) atoms. The van der Waals surface area contributed by atoms with Crippen molar-refractivity contribution >= 4 is 23.4 Å². The zero-order valence-electron chi connectivity index (χ0n) is 35.0. The van der Waals surface area contributed by atoms with Crippen molar-refractivity contribution in [1.29, 1.82) is 0 Å². The highest BCUT2D eigenvalue weighted by molar-refractivity contribution is 6.01. The number of anilines is 1. The van der Waals surface area contributed by atoms with Gasteiger partial charge in [0.05, 0.1) is 42.8 Å². The maximum absolute atomic E-state index is 13.9. The summed E-state index contributed by atoms with van der Waals surface area (Å²) in [5, 5.41) is 15.3. The molecule has 0 saturated carbocycles. The summed E-state index contributed by atoms with van der Waals surface area (Å²) in [4.78, 5) is 41.8. The molecule has 3 amide bonds. The minimum absolute atomic E-state index is 0.0450. The van der Waals surface area contributed by atoms with Crippen LogP contribution in [0.4, 0.5) is 5.69 Å². The number of amides is 3. The van der Waals surface area contributed by atoms with Gasteiger partial charge in [0.2, 0.25) is 17.7 Å². The van der Waals surface area contributed by atoms with E-state index in [0.717, 1.165) is 40.9 Å². The summed E-state index contributed by atoms with van der Waals surface area (Å²) < 4.78 is 13.9. The van der Waals surface area contributed by atoms with E-state index in [1.54, 1.807) is 4.90 Å². The lowest BCUT2D eigenvalue weighted by molar-refractivity contribution is -0.132. The van der Waals surface area contributed by atoms with Crippen LogP contribution in [0.15, 0.2) is 48.5 Å². The quantitative estimate of drug-likeness (QED) is 0.120. The third-order valence-electron chi connectivity index (χ3n) is 11.0. The molecule has 2 aromatic carbocycles. The molecule has 0 spiro atoms. The molecule has 11 heteroatoms. The van der Waals surface area contributed by atoms with E-state index in [1.165, 1.54) is 0 Å². The van der Waals surface area contributed by atoms with Crippen molar-refractivity contribution in [2.45, 2.75) is 139 Å². The number of rotatable bonds is 20. The first-order chi connectivity index (χ1) is 26.0. The second-order valence-electron chi connectivity index (χ2n) is 16.9. The molecule has 3 atom stereocenters. The number of ether oxygens (including phenoxy) is 2. The topological polar surface area (TPSA) is 128 Å². The molecule has 0 bridgehead atoms. The second kappa shape index (κ2) is 19.7. The number of benzene rings is 2. The first kappa shape index (κ1) is 43.6. The second-order valence-corrected chi connectivity index (χ2v) is 16.9. The molecule has 0 radical (unpaired) electrons. The van der Waals surface area contributed by atoms with E-state index in [9.17, 15) is 14.4 Å². The summed E-state index contributed by atoms with van der Waals surface area (Å²) in [5.74, 6) is 0.889. The van der Waals surface area contributed by atoms with Crippen LogP contribution in [-0.4, -0.2) is 70.2 Å². The van der Waals surface area contributed by atoms with Crippen LogP contribution >= 0.6 is 0 Å². The fraction of sp³-hybridized carbons (Fsp3) is 0.614. The van der Waals surface area contributed by atoms with Crippen molar-refractivity contribution in [2.75, 3.05) is 24.7 Å². The SMILES string of the molecule is CCC(C)C(C)CC(C)NC(=O)C(C)(C)CCOC(C)(C)CCNC(=O)CCC(=O)N1Cc2ccccc2-c2c(nnn2CCOC(C)C)-c2ccccc21. The Bertz CT molecular complexity index is 1730. The normalized spacial score (nSPS) is 14.6. The molecular formula is C44H66N6O5. The molecule has 11 nitrogen and oxygen atoms in total. The molecular weight excluding hydrogens is 693 g/mol. The van der Waals surface area contributed by atoms with Gasteiger partial charge in [0.1, 0.15) is 5.69 Å². The maximum atomic E-state index is 13.9. The molecule has 4 rings (SSSR count). The zero-order valence-corrected chi connectivity index (χ0v) is 35.0. The largest absolute Gasteiger partial charge is 0.377 e. The smallest absolute Gasteiger partial charge is 0.227 e. The van der Waals surface area contributed by atoms with Gasteiger partial charge in [-0.2, -0.15) is 0 Å². The number of carbonyl (C=O) groups is 3. The highest BCUT2D eigenvalue weighted by Gasteiger charge is 2.31. The van der Waals surface area contributed by atoms with Crippen molar-refractivity contribution in [3.8, 4) is 22.5 Å². The maximum Gasteiger partial charge on any atom is 0.227 e. The monoisotopic (exact) mass is 759 g/mol. The van der Waals surface area contributed by atoms with Gasteiger partial charge in [-0.15, -0.1) is 5.10 Å². The third-order valence-corrected chi connectivity index (χ3v) is 11.0. The Morgan fingerprint density at radius 1 is 0.873 bits per heavy atom. The van der Waals surface area contributed by atoms with E-state index in [2.05, 4.69) is 48.6 Å². The van der Waals surface area contributed by atoms with E-state index in [1.807, 2.05) is 94.8 Å². The number of aromatic nitrogens is 3. The Kier molecular flexibility index (Phi) is 15.6. The molecule has 2 N–H and O–H groups in total. The Morgan fingerprint density at radius 2 is 1.56 bits per heavy atom. The lowest BCUT2D eigenvalue weighted by atomic mass is 9.86. The molecule has 3 aromatic rings. The minimum Gasteiger partial charge on any atom is -0.377 e. The summed E-state index contributed by atoms with van der Waals surface area (Å²) in [5.41, 5.74) is 4.02. The van der Waals surface area contributed by atoms with Gasteiger partial charge < -0.3 is 25.0 Å². The number of para-hydroxylation sites is 1. The van der Waals surface area contributed by atoms with Crippen molar-refractivity contribution in [3.63, 3.8) is 0 Å². The number of nitrogens with zero attached hydrogens (tertiary/aromatic N) is 4. The van der Waals surface area contributed by atoms with Crippen LogP contribution in [0.2, 0.25) is 0 Å². The molecule has 2 heterocycles. The highest BCUT2D eigenvalue weighted by atomic mass is 16.5. The van der Waals surface area contributed by atoms with E-state index in [-0.39, 0.29) is 42.7 Å². The minimum atomic E-state index is -0.566. The van der Waals surface area contributed by atoms with Gasteiger partial charge in [0.25, 0.3) is 0 Å². The van der Waals surface area contributed by atoms with Crippen molar-refractivity contribution in [2.24, 2.45) is 17.3 Å². The summed E-state index contributed by atoms with van der Waals surface area (Å²) in [6.07, 6.45) is 3.50. The molecule has 3 unspecified atom stereocenters. The lowest BCUT2D eigenvalue weighted by Crippen LogP contribution is -2.43. The van der Waals surface area contributed by atoms with Gasteiger partial charge in [-0.3, -0.25) is 14.4 Å². The summed E-state index contributed by atoms with van der Waals surface area (Å²) in [6, 6.07) is 15.9. The van der Waals surface area contributed by atoms with Gasteiger partial charge in [-0.1, -0.05) is 88.7 Å². The zero-order chi connectivity index (χ0) is 40.3. The standard InChI is InChI=1S/C44H66N6O5/c1-11-31(4)32(5)28-33(6)46-42(53)43(7,8)23-26-55-44(9,10)22-24-45-38(51)20-21-39(52)49-29-34-16-12-13-17-35(34)41-40(36-18-14-15-19-37(36)49)47-48-50(41)25-27-54-30(2)3/h12-19,30-33H,11,20-29H2,1-10H3,(H,45,51)(H,46,53). The van der Waals surface area contributed by atoms with Crippen molar-refractivity contribution in [1.82, 2.24) is 25.6 Å². The van der Waals surface area contributed by atoms with Gasteiger partial charge in [0, 0.05) is 48.6 Å². The predicted molar refractivity (Wildman–Crippen MR) is 219 cm³/mol. The molecule has 1 aromatic heterocycles. The van der Waals surface area contributed by atoms with Crippen LogP contribution in [0.5, 0.6) is 0 Å². The van der Waals surface area contributed by atoms with Crippen LogP contribution in [0.25, 0.3) is 22.5 Å². The molecule has 302 valence electrons. The molecule has 1 aliphatic heterocycles. The first-order valence-corrected chi connectivity index (χ1v) is 20.3. The number of hydrogen-bond acceptors (Lipinski definition) is 7.